The zero-order valence-corrected chi connectivity index (χ0v) is 14.5. The predicted octanol–water partition coefficient (Wildman–Crippen LogP) is -4.77. The second kappa shape index (κ2) is 9.41. The van der Waals surface area contributed by atoms with E-state index in [1.165, 1.54) is 0 Å². The molecule has 0 aromatic rings. The Labute approximate surface area is 158 Å². The van der Waals surface area contributed by atoms with E-state index >= 15 is 0 Å². The van der Waals surface area contributed by atoms with Crippen molar-refractivity contribution in [2.24, 2.45) is 0 Å². The van der Waals surface area contributed by atoms with Crippen LogP contribution in [0.15, 0.2) is 12.3 Å². The molecular weight excluding hydrogens is 388 g/mol. The van der Waals surface area contributed by atoms with E-state index in [1.807, 2.05) is 0 Å². The van der Waals surface area contributed by atoms with Crippen LogP contribution in [0, 0.1) is 0 Å². The van der Waals surface area contributed by atoms with E-state index < -0.39 is 80.6 Å². The summed E-state index contributed by atoms with van der Waals surface area (Å²) in [6.07, 6.45) is -11.6. The number of carbonyl (C=O) groups is 1. The number of aliphatic carboxylic acids is 1. The molecule has 162 valence electrons. The predicted molar refractivity (Wildman–Crippen MR) is 84.3 cm³/mol. The minimum atomic E-state index is -2.28. The standard InChI is InChI=1S/C15H24O13/c16-3-6-10(21)13(24)15(5-17,27-6)28-14-12(23)11(22)9(20)7(26-14)4-25-2-1-8(18)19/h1-2,6-7,9-14,16-17,20-24H,3-5H2,(H,18,19)/t6-,7-,9-,10-,11+,12-,13+,14-,15+/m1/s1. The summed E-state index contributed by atoms with van der Waals surface area (Å²) in [5, 5.41) is 77.3. The second-order valence-corrected chi connectivity index (χ2v) is 6.35. The molecule has 0 aromatic carbocycles. The van der Waals surface area contributed by atoms with Crippen molar-refractivity contribution in [1.29, 1.82) is 0 Å². The molecule has 2 fully saturated rings. The van der Waals surface area contributed by atoms with Gasteiger partial charge in [0.05, 0.1) is 18.9 Å². The molecule has 2 rings (SSSR count). The van der Waals surface area contributed by atoms with Crippen LogP contribution in [0.1, 0.15) is 0 Å². The summed E-state index contributed by atoms with van der Waals surface area (Å²) in [6.45, 7) is -2.15. The maximum atomic E-state index is 10.4. The third-order valence-corrected chi connectivity index (χ3v) is 4.46. The topological polar surface area (TPSA) is 216 Å². The molecule has 2 aliphatic rings. The van der Waals surface area contributed by atoms with Gasteiger partial charge in [0, 0.05) is 0 Å². The highest BCUT2D eigenvalue weighted by molar-refractivity contribution is 5.79. The van der Waals surface area contributed by atoms with Crippen molar-refractivity contribution in [1.82, 2.24) is 0 Å². The van der Waals surface area contributed by atoms with Crippen molar-refractivity contribution in [2.45, 2.75) is 54.8 Å². The fourth-order valence-electron chi connectivity index (χ4n) is 2.87. The molecule has 28 heavy (non-hydrogen) atoms. The van der Waals surface area contributed by atoms with E-state index in [9.17, 15) is 35.4 Å². The molecule has 8 N–H and O–H groups in total. The monoisotopic (exact) mass is 412 g/mol. The number of rotatable bonds is 8. The molecule has 0 saturated carbocycles. The summed E-state index contributed by atoms with van der Waals surface area (Å²) in [5.74, 6) is -3.56. The van der Waals surface area contributed by atoms with Gasteiger partial charge in [-0.05, 0) is 0 Å². The van der Waals surface area contributed by atoms with Crippen molar-refractivity contribution < 1.29 is 64.6 Å². The molecule has 0 unspecified atom stereocenters. The molecule has 0 aliphatic carbocycles. The molecule has 2 aliphatic heterocycles. The first-order valence-corrected chi connectivity index (χ1v) is 8.31. The Morgan fingerprint density at radius 1 is 1.00 bits per heavy atom. The molecule has 0 spiro atoms. The molecule has 0 aromatic heterocycles. The Morgan fingerprint density at radius 3 is 2.21 bits per heavy atom. The molecule has 2 heterocycles. The summed E-state index contributed by atoms with van der Waals surface area (Å²) in [4.78, 5) is 10.4. The van der Waals surface area contributed by atoms with E-state index in [1.54, 1.807) is 0 Å². The van der Waals surface area contributed by atoms with Gasteiger partial charge in [-0.2, -0.15) is 0 Å². The van der Waals surface area contributed by atoms with Gasteiger partial charge in [-0.1, -0.05) is 0 Å². The molecule has 13 nitrogen and oxygen atoms in total. The van der Waals surface area contributed by atoms with Gasteiger partial charge in [-0.25, -0.2) is 4.79 Å². The van der Waals surface area contributed by atoms with Gasteiger partial charge < -0.3 is 59.8 Å². The smallest absolute Gasteiger partial charge is 0.331 e. The van der Waals surface area contributed by atoms with Gasteiger partial charge in [-0.3, -0.25) is 0 Å². The lowest BCUT2D eigenvalue weighted by atomic mass is 9.99. The highest BCUT2D eigenvalue weighted by Gasteiger charge is 2.58. The van der Waals surface area contributed by atoms with E-state index in [0.717, 1.165) is 6.26 Å². The van der Waals surface area contributed by atoms with Gasteiger partial charge in [0.15, 0.2) is 6.29 Å². The van der Waals surface area contributed by atoms with E-state index in [4.69, 9.17) is 29.2 Å². The van der Waals surface area contributed by atoms with E-state index in [-0.39, 0.29) is 0 Å². The van der Waals surface area contributed by atoms with Crippen LogP contribution in [0.25, 0.3) is 0 Å². The zero-order valence-electron chi connectivity index (χ0n) is 14.5. The van der Waals surface area contributed by atoms with Gasteiger partial charge in [0.1, 0.15) is 55.9 Å². The molecule has 0 amide bonds. The van der Waals surface area contributed by atoms with Crippen LogP contribution in [0.3, 0.4) is 0 Å². The molecular formula is C15H24O13. The van der Waals surface area contributed by atoms with Crippen LogP contribution in [0.4, 0.5) is 0 Å². The zero-order chi connectivity index (χ0) is 21.1. The second-order valence-electron chi connectivity index (χ2n) is 6.35. The Balaban J connectivity index is 2.11. The summed E-state index contributed by atoms with van der Waals surface area (Å²) in [6, 6.07) is 0. The molecule has 0 bridgehead atoms. The molecule has 13 heteroatoms. The Hall–Kier alpha value is -1.39. The average molecular weight is 412 g/mol. The third-order valence-electron chi connectivity index (χ3n) is 4.46. The van der Waals surface area contributed by atoms with Gasteiger partial charge in [0.25, 0.3) is 0 Å². The van der Waals surface area contributed by atoms with Crippen LogP contribution in [-0.2, 0) is 23.7 Å². The van der Waals surface area contributed by atoms with Crippen LogP contribution in [0.5, 0.6) is 0 Å². The number of aliphatic hydroxyl groups is 7. The average Bonchev–Trinajstić information content (AvgIpc) is 2.91. The Morgan fingerprint density at radius 2 is 1.68 bits per heavy atom. The Bertz CT molecular complexity index is 556. The normalized spacial score (nSPS) is 44.1. The minimum absolute atomic E-state index is 0.438. The lowest BCUT2D eigenvalue weighted by molar-refractivity contribution is -0.383. The lowest BCUT2D eigenvalue weighted by Crippen LogP contribution is -2.62. The van der Waals surface area contributed by atoms with Crippen molar-refractivity contribution >= 4 is 5.97 Å². The number of carboxylic acids is 1. The van der Waals surface area contributed by atoms with Gasteiger partial charge >= 0.3 is 5.97 Å². The largest absolute Gasteiger partial charge is 0.498 e. The molecule has 9 atom stereocenters. The first-order valence-electron chi connectivity index (χ1n) is 8.31. The van der Waals surface area contributed by atoms with Crippen LogP contribution < -0.4 is 0 Å². The van der Waals surface area contributed by atoms with Gasteiger partial charge in [-0.15, -0.1) is 0 Å². The van der Waals surface area contributed by atoms with Crippen molar-refractivity contribution in [3.05, 3.63) is 12.3 Å². The van der Waals surface area contributed by atoms with E-state index in [2.05, 4.69) is 0 Å². The molecule has 2 saturated heterocycles. The van der Waals surface area contributed by atoms with Crippen molar-refractivity contribution in [3.8, 4) is 0 Å². The maximum absolute atomic E-state index is 10.4. The number of aliphatic hydroxyl groups excluding tert-OH is 7. The number of ether oxygens (including phenoxy) is 4. The fraction of sp³-hybridized carbons (Fsp3) is 0.800. The lowest BCUT2D eigenvalue weighted by Gasteiger charge is -2.43. The fourth-order valence-corrected chi connectivity index (χ4v) is 2.87. The first-order chi connectivity index (χ1) is 13.2. The Kier molecular flexibility index (Phi) is 7.69. The van der Waals surface area contributed by atoms with Crippen LogP contribution >= 0.6 is 0 Å². The summed E-state index contributed by atoms with van der Waals surface area (Å²) in [7, 11) is 0. The quantitative estimate of drug-likeness (QED) is 0.139. The number of hydrogen-bond acceptors (Lipinski definition) is 12. The van der Waals surface area contributed by atoms with Gasteiger partial charge in [0.2, 0.25) is 5.79 Å². The van der Waals surface area contributed by atoms with Crippen LogP contribution in [-0.4, -0.2) is 121 Å². The van der Waals surface area contributed by atoms with E-state index in [0.29, 0.717) is 6.08 Å². The highest BCUT2D eigenvalue weighted by atomic mass is 16.8. The first kappa shape index (κ1) is 22.9. The molecule has 0 radical (unpaired) electrons. The summed E-state index contributed by atoms with van der Waals surface area (Å²) in [5.41, 5.74) is 0. The SMILES string of the molecule is O=C(O)C=COC[C@H]1O[C@H](O[C@]2(CO)O[C@H](CO)[C@@H](O)[C@@H]2O)[C@H](O)[C@@H](O)[C@@H]1O. The number of carboxylic acid groups (broad SMARTS) is 1. The highest BCUT2D eigenvalue weighted by Crippen LogP contribution is 2.35. The third kappa shape index (κ3) is 4.60. The van der Waals surface area contributed by atoms with Crippen LogP contribution in [0.2, 0.25) is 0 Å². The maximum Gasteiger partial charge on any atom is 0.331 e. The summed E-state index contributed by atoms with van der Waals surface area (Å²) < 4.78 is 20.7. The van der Waals surface area contributed by atoms with Crippen molar-refractivity contribution in [2.75, 3.05) is 19.8 Å². The minimum Gasteiger partial charge on any atom is -0.498 e. The van der Waals surface area contributed by atoms with Crippen molar-refractivity contribution in [3.63, 3.8) is 0 Å². The number of hydrogen-bond donors (Lipinski definition) is 8. The summed E-state index contributed by atoms with van der Waals surface area (Å²) >= 11 is 0.